The molecule has 3 N–H and O–H groups in total. The molecule has 0 bridgehead atoms. The van der Waals surface area contributed by atoms with Gasteiger partial charge in [0, 0.05) is 13.1 Å². The van der Waals surface area contributed by atoms with Crippen molar-refractivity contribution in [3.63, 3.8) is 0 Å². The van der Waals surface area contributed by atoms with Gasteiger partial charge in [0.2, 0.25) is 0 Å². The Morgan fingerprint density at radius 2 is 2.08 bits per heavy atom. The molecule has 4 heteroatoms. The lowest BCUT2D eigenvalue weighted by atomic mass is 10.2. The summed E-state index contributed by atoms with van der Waals surface area (Å²) in [5, 5.41) is 2.57. The number of ether oxygens (including phenoxy) is 1. The molecule has 76 valence electrons. The van der Waals surface area contributed by atoms with Crippen molar-refractivity contribution in [3.05, 3.63) is 12.2 Å². The lowest BCUT2D eigenvalue weighted by Crippen LogP contribution is -2.32. The Labute approximate surface area is 79.1 Å². The zero-order valence-electron chi connectivity index (χ0n) is 8.46. The molecule has 0 aromatic rings. The van der Waals surface area contributed by atoms with Gasteiger partial charge in [0.1, 0.15) is 5.60 Å². The Morgan fingerprint density at radius 1 is 1.46 bits per heavy atom. The number of nitrogens with one attached hydrogen (secondary N) is 1. The summed E-state index contributed by atoms with van der Waals surface area (Å²) in [6, 6.07) is 0. The topological polar surface area (TPSA) is 64.3 Å². The van der Waals surface area contributed by atoms with Crippen molar-refractivity contribution in [2.24, 2.45) is 5.73 Å². The fourth-order valence-electron chi connectivity index (χ4n) is 0.636. The van der Waals surface area contributed by atoms with Crippen molar-refractivity contribution in [3.8, 4) is 0 Å². The van der Waals surface area contributed by atoms with E-state index in [1.807, 2.05) is 20.8 Å². The summed E-state index contributed by atoms with van der Waals surface area (Å²) in [4.78, 5) is 11.0. The molecule has 0 aliphatic rings. The van der Waals surface area contributed by atoms with Crippen LogP contribution in [0.2, 0.25) is 0 Å². The Balaban J connectivity index is 3.58. The second kappa shape index (κ2) is 5.59. The highest BCUT2D eigenvalue weighted by Gasteiger charge is 2.14. The molecule has 0 saturated heterocycles. The summed E-state index contributed by atoms with van der Waals surface area (Å²) in [6.45, 7) is 6.40. The van der Waals surface area contributed by atoms with Crippen molar-refractivity contribution in [2.45, 2.75) is 26.4 Å². The molecular weight excluding hydrogens is 168 g/mol. The molecule has 0 saturated carbocycles. The monoisotopic (exact) mass is 186 g/mol. The molecule has 0 aromatic heterocycles. The molecule has 0 aromatic carbocycles. The first-order chi connectivity index (χ1) is 5.95. The number of rotatable bonds is 3. The van der Waals surface area contributed by atoms with Gasteiger partial charge in [-0.05, 0) is 20.8 Å². The van der Waals surface area contributed by atoms with Gasteiger partial charge in [0.15, 0.2) is 0 Å². The van der Waals surface area contributed by atoms with Gasteiger partial charge >= 0.3 is 6.09 Å². The highest BCUT2D eigenvalue weighted by atomic mass is 16.6. The van der Waals surface area contributed by atoms with Crippen molar-refractivity contribution in [2.75, 3.05) is 13.1 Å². The van der Waals surface area contributed by atoms with Crippen molar-refractivity contribution < 1.29 is 9.53 Å². The summed E-state index contributed by atoms with van der Waals surface area (Å²) < 4.78 is 5.00. The molecule has 0 atom stereocenters. The van der Waals surface area contributed by atoms with E-state index < -0.39 is 11.7 Å². The predicted octanol–water partition coefficient (Wildman–Crippen LogP) is 1.03. The average Bonchev–Trinajstić information content (AvgIpc) is 1.94. The molecule has 0 unspecified atom stereocenters. The second-order valence-electron chi connectivity index (χ2n) is 3.59. The Kier molecular flexibility index (Phi) is 5.14. The summed E-state index contributed by atoms with van der Waals surface area (Å²) in [5.74, 6) is 0. The van der Waals surface area contributed by atoms with E-state index in [1.54, 1.807) is 12.2 Å². The van der Waals surface area contributed by atoms with E-state index in [9.17, 15) is 4.79 Å². The van der Waals surface area contributed by atoms with E-state index in [1.165, 1.54) is 0 Å². The summed E-state index contributed by atoms with van der Waals surface area (Å²) in [6.07, 6.45) is 3.15. The number of carbonyl (C=O) groups is 1. The van der Waals surface area contributed by atoms with Crippen molar-refractivity contribution >= 4 is 6.09 Å². The molecule has 13 heavy (non-hydrogen) atoms. The minimum Gasteiger partial charge on any atom is -0.444 e. The molecule has 0 fully saturated rings. The fourth-order valence-corrected chi connectivity index (χ4v) is 0.636. The van der Waals surface area contributed by atoms with E-state index in [0.29, 0.717) is 13.1 Å². The van der Waals surface area contributed by atoms with Gasteiger partial charge in [-0.3, -0.25) is 0 Å². The van der Waals surface area contributed by atoms with Crippen LogP contribution in [0.5, 0.6) is 0 Å². The lowest BCUT2D eigenvalue weighted by Gasteiger charge is -2.19. The van der Waals surface area contributed by atoms with Crippen LogP contribution >= 0.6 is 0 Å². The number of hydrogen-bond donors (Lipinski definition) is 2. The van der Waals surface area contributed by atoms with Gasteiger partial charge < -0.3 is 15.8 Å². The highest BCUT2D eigenvalue weighted by Crippen LogP contribution is 2.05. The van der Waals surface area contributed by atoms with Crippen LogP contribution in [0.15, 0.2) is 12.2 Å². The largest absolute Gasteiger partial charge is 0.444 e. The quantitative estimate of drug-likeness (QED) is 0.647. The maximum Gasteiger partial charge on any atom is 0.407 e. The normalized spacial score (nSPS) is 11.7. The van der Waals surface area contributed by atoms with E-state index in [-0.39, 0.29) is 0 Å². The number of carbonyl (C=O) groups excluding carboxylic acids is 1. The third kappa shape index (κ3) is 8.88. The molecule has 0 rings (SSSR count). The molecule has 4 nitrogen and oxygen atoms in total. The number of hydrogen-bond acceptors (Lipinski definition) is 3. The van der Waals surface area contributed by atoms with Gasteiger partial charge in [-0.1, -0.05) is 12.2 Å². The number of amides is 1. The molecular formula is C9H18N2O2. The zero-order valence-corrected chi connectivity index (χ0v) is 8.46. The number of alkyl carbamates (subject to hydrolysis) is 1. The van der Waals surface area contributed by atoms with Gasteiger partial charge in [-0.25, -0.2) is 4.79 Å². The molecule has 1 amide bonds. The van der Waals surface area contributed by atoms with Gasteiger partial charge in [-0.2, -0.15) is 0 Å². The minimum atomic E-state index is -0.443. The van der Waals surface area contributed by atoms with Crippen LogP contribution in [0, 0.1) is 0 Å². The summed E-state index contributed by atoms with van der Waals surface area (Å²) >= 11 is 0. The van der Waals surface area contributed by atoms with E-state index in [0.717, 1.165) is 0 Å². The SMILES string of the molecule is CC(C)(C)OC(=O)NC/C=C/CN. The maximum absolute atomic E-state index is 11.0. The minimum absolute atomic E-state index is 0.408. The van der Waals surface area contributed by atoms with Crippen molar-refractivity contribution in [1.29, 1.82) is 0 Å². The Morgan fingerprint density at radius 3 is 2.54 bits per heavy atom. The first kappa shape index (κ1) is 12.0. The van der Waals surface area contributed by atoms with E-state index >= 15 is 0 Å². The predicted molar refractivity (Wildman–Crippen MR) is 52.4 cm³/mol. The summed E-state index contributed by atoms with van der Waals surface area (Å²) in [7, 11) is 0. The van der Waals surface area contributed by atoms with Gasteiger partial charge in [-0.15, -0.1) is 0 Å². The van der Waals surface area contributed by atoms with Gasteiger partial charge in [0.25, 0.3) is 0 Å². The molecule has 0 aliphatic heterocycles. The Hall–Kier alpha value is -1.03. The van der Waals surface area contributed by atoms with Crippen LogP contribution in [0.25, 0.3) is 0 Å². The maximum atomic E-state index is 11.0. The third-order valence-corrected chi connectivity index (χ3v) is 1.07. The van der Waals surface area contributed by atoms with Crippen LogP contribution in [0.3, 0.4) is 0 Å². The van der Waals surface area contributed by atoms with Crippen LogP contribution in [-0.4, -0.2) is 24.8 Å². The van der Waals surface area contributed by atoms with E-state index in [2.05, 4.69) is 5.32 Å². The molecule has 0 heterocycles. The summed E-state index contributed by atoms with van der Waals surface area (Å²) in [5.41, 5.74) is 4.77. The first-order valence-electron chi connectivity index (χ1n) is 4.27. The smallest absolute Gasteiger partial charge is 0.407 e. The van der Waals surface area contributed by atoms with Gasteiger partial charge in [0.05, 0.1) is 0 Å². The van der Waals surface area contributed by atoms with Crippen LogP contribution in [0.1, 0.15) is 20.8 Å². The van der Waals surface area contributed by atoms with E-state index in [4.69, 9.17) is 10.5 Å². The zero-order chi connectivity index (χ0) is 10.3. The number of nitrogens with two attached hydrogens (primary N) is 1. The standard InChI is InChI=1S/C9H18N2O2/c1-9(2,3)13-8(12)11-7-5-4-6-10/h4-5H,6-7,10H2,1-3H3,(H,11,12)/b5-4+. The lowest BCUT2D eigenvalue weighted by molar-refractivity contribution is 0.0534. The molecule has 0 radical (unpaired) electrons. The molecule has 0 spiro atoms. The third-order valence-electron chi connectivity index (χ3n) is 1.07. The van der Waals surface area contributed by atoms with Crippen molar-refractivity contribution in [1.82, 2.24) is 5.32 Å². The first-order valence-corrected chi connectivity index (χ1v) is 4.27. The molecule has 0 aliphatic carbocycles. The van der Waals surface area contributed by atoms with Crippen LogP contribution < -0.4 is 11.1 Å². The highest BCUT2D eigenvalue weighted by molar-refractivity contribution is 5.67. The fraction of sp³-hybridized carbons (Fsp3) is 0.667. The van der Waals surface area contributed by atoms with Crippen LogP contribution in [0.4, 0.5) is 4.79 Å². The Bertz CT molecular complexity index is 183. The van der Waals surface area contributed by atoms with Crippen LogP contribution in [-0.2, 0) is 4.74 Å². The second-order valence-corrected chi connectivity index (χ2v) is 3.59. The average molecular weight is 186 g/mol.